The number of nitrogen functional groups attached to an aromatic ring is 1. The highest BCUT2D eigenvalue weighted by Gasteiger charge is 2.51. The zero-order valence-corrected chi connectivity index (χ0v) is 16.0. The van der Waals surface area contributed by atoms with Gasteiger partial charge < -0.3 is 25.8 Å². The van der Waals surface area contributed by atoms with E-state index in [1.807, 2.05) is 0 Å². The van der Waals surface area contributed by atoms with Gasteiger partial charge in [0, 0.05) is 0 Å². The zero-order chi connectivity index (χ0) is 20.9. The number of nitrogens with zero attached hydrogens (tertiary/aromatic N) is 4. The monoisotopic (exact) mass is 421 g/mol. The molecule has 0 radical (unpaired) electrons. The molecule has 2 aromatic heterocycles. The van der Waals surface area contributed by atoms with E-state index < -0.39 is 39.8 Å². The van der Waals surface area contributed by atoms with Crippen molar-refractivity contribution >= 4 is 26.8 Å². The number of anilines is 1. The maximum absolute atomic E-state index is 12.8. The average Bonchev–Trinajstić information content (AvgIpc) is 3.24. The standard InChI is InChI=1S/C17H19N5O6S/c1-8-2-4-9(5-3-8)29(26,27)17(25)13-11(23)12(24)16(28-13)22-7-21-10-14(18)19-6-20-15(10)22/h2-7,11-13,16-17,23-25H,1H3,(H2,18,19,20)/t11-,12+,13-,16+,17-/m0/s1. The van der Waals surface area contributed by atoms with Gasteiger partial charge >= 0.3 is 0 Å². The first kappa shape index (κ1) is 19.7. The number of aryl methyl sites for hydroxylation is 1. The summed E-state index contributed by atoms with van der Waals surface area (Å²) < 4.78 is 32.4. The van der Waals surface area contributed by atoms with Gasteiger partial charge in [-0.05, 0) is 19.1 Å². The van der Waals surface area contributed by atoms with Crippen molar-refractivity contribution in [2.45, 2.75) is 41.8 Å². The number of ether oxygens (including phenoxy) is 1. The fourth-order valence-corrected chi connectivity index (χ4v) is 4.62. The molecule has 11 nitrogen and oxygen atoms in total. The van der Waals surface area contributed by atoms with Crippen LogP contribution < -0.4 is 5.73 Å². The van der Waals surface area contributed by atoms with Gasteiger partial charge in [-0.1, -0.05) is 17.7 Å². The minimum Gasteiger partial charge on any atom is -0.387 e. The number of aromatic nitrogens is 4. The summed E-state index contributed by atoms with van der Waals surface area (Å²) in [7, 11) is -4.25. The topological polar surface area (TPSA) is 174 Å². The summed E-state index contributed by atoms with van der Waals surface area (Å²) in [5.41, 5.74) is 4.97. The Balaban J connectivity index is 1.66. The van der Waals surface area contributed by atoms with Crippen LogP contribution in [0.3, 0.4) is 0 Å². The number of aliphatic hydroxyl groups excluding tert-OH is 3. The SMILES string of the molecule is Cc1ccc(S(=O)(=O)[C@H](O)[C@H]2O[C@@H](n3cnc4c(N)ncnc43)[C@H](O)[C@@H]2O)cc1. The number of aliphatic hydroxyl groups is 3. The molecule has 1 aliphatic heterocycles. The van der Waals surface area contributed by atoms with E-state index in [9.17, 15) is 23.7 Å². The molecular formula is C17H19N5O6S. The molecule has 0 saturated carbocycles. The average molecular weight is 421 g/mol. The third-order valence-corrected chi connectivity index (χ3v) is 6.72. The van der Waals surface area contributed by atoms with Gasteiger partial charge in [-0.25, -0.2) is 23.4 Å². The zero-order valence-electron chi connectivity index (χ0n) is 15.2. The van der Waals surface area contributed by atoms with Gasteiger partial charge in [0.25, 0.3) is 0 Å². The minimum absolute atomic E-state index is 0.111. The van der Waals surface area contributed by atoms with Crippen molar-refractivity contribution in [2.75, 3.05) is 5.73 Å². The summed E-state index contributed by atoms with van der Waals surface area (Å²) in [6, 6.07) is 5.88. The van der Waals surface area contributed by atoms with Crippen LogP contribution in [0.2, 0.25) is 0 Å². The first-order valence-corrected chi connectivity index (χ1v) is 10.2. The lowest BCUT2D eigenvalue weighted by molar-refractivity contribution is -0.0615. The van der Waals surface area contributed by atoms with Crippen molar-refractivity contribution < 1.29 is 28.5 Å². The van der Waals surface area contributed by atoms with Crippen LogP contribution in [0.15, 0.2) is 41.8 Å². The van der Waals surface area contributed by atoms with Crippen LogP contribution in [0, 0.1) is 6.92 Å². The third kappa shape index (κ3) is 3.14. The summed E-state index contributed by atoms with van der Waals surface area (Å²) in [4.78, 5) is 11.8. The highest BCUT2D eigenvalue weighted by molar-refractivity contribution is 7.92. The predicted octanol–water partition coefficient (Wildman–Crippen LogP) is -0.872. The van der Waals surface area contributed by atoms with E-state index in [0.717, 1.165) is 5.56 Å². The Kier molecular flexibility index (Phi) is 4.75. The molecule has 3 heterocycles. The first-order chi connectivity index (χ1) is 13.7. The van der Waals surface area contributed by atoms with Crippen LogP contribution in [-0.2, 0) is 14.6 Å². The van der Waals surface area contributed by atoms with Crippen molar-refractivity contribution in [3.05, 3.63) is 42.5 Å². The fraction of sp³-hybridized carbons (Fsp3) is 0.353. The normalized spacial score (nSPS) is 26.1. The molecule has 29 heavy (non-hydrogen) atoms. The molecule has 4 rings (SSSR count). The number of hydrogen-bond acceptors (Lipinski definition) is 10. The molecule has 5 N–H and O–H groups in total. The van der Waals surface area contributed by atoms with Gasteiger partial charge in [-0.15, -0.1) is 0 Å². The Hall–Kier alpha value is -2.64. The van der Waals surface area contributed by atoms with Gasteiger partial charge in [0.05, 0.1) is 11.2 Å². The molecule has 3 aromatic rings. The minimum atomic E-state index is -4.25. The lowest BCUT2D eigenvalue weighted by atomic mass is 10.1. The van der Waals surface area contributed by atoms with Crippen molar-refractivity contribution in [3.8, 4) is 0 Å². The molecule has 1 saturated heterocycles. The molecule has 0 aliphatic carbocycles. The van der Waals surface area contributed by atoms with E-state index in [1.165, 1.54) is 29.4 Å². The highest BCUT2D eigenvalue weighted by Crippen LogP contribution is 2.35. The maximum atomic E-state index is 12.8. The number of sulfone groups is 1. The Morgan fingerprint density at radius 1 is 1.14 bits per heavy atom. The molecule has 0 bridgehead atoms. The van der Waals surface area contributed by atoms with Gasteiger partial charge in [0.1, 0.15) is 30.2 Å². The molecule has 0 unspecified atom stereocenters. The molecular weight excluding hydrogens is 402 g/mol. The second kappa shape index (κ2) is 7.00. The van der Waals surface area contributed by atoms with Crippen LogP contribution >= 0.6 is 0 Å². The summed E-state index contributed by atoms with van der Waals surface area (Å²) >= 11 is 0. The predicted molar refractivity (Wildman–Crippen MR) is 100 cm³/mol. The van der Waals surface area contributed by atoms with Crippen LogP contribution in [-0.4, -0.2) is 67.0 Å². The van der Waals surface area contributed by atoms with Gasteiger partial charge in [0.15, 0.2) is 23.1 Å². The number of fused-ring (bicyclic) bond motifs is 1. The maximum Gasteiger partial charge on any atom is 0.207 e. The second-order valence-electron chi connectivity index (χ2n) is 6.80. The number of nitrogens with two attached hydrogens (primary N) is 1. The number of benzene rings is 1. The van der Waals surface area contributed by atoms with E-state index in [4.69, 9.17) is 10.5 Å². The summed E-state index contributed by atoms with van der Waals surface area (Å²) in [5.74, 6) is 0.111. The lowest BCUT2D eigenvalue weighted by Gasteiger charge is -2.21. The Labute approximate surface area is 165 Å². The van der Waals surface area contributed by atoms with E-state index in [0.29, 0.717) is 0 Å². The van der Waals surface area contributed by atoms with Crippen molar-refractivity contribution in [3.63, 3.8) is 0 Å². The number of rotatable bonds is 4. The smallest absolute Gasteiger partial charge is 0.207 e. The van der Waals surface area contributed by atoms with Gasteiger partial charge in [-0.2, -0.15) is 0 Å². The Bertz CT molecular complexity index is 1150. The summed E-state index contributed by atoms with van der Waals surface area (Å²) in [5, 5.41) is 31.3. The van der Waals surface area contributed by atoms with E-state index in [-0.39, 0.29) is 21.9 Å². The molecule has 5 atom stereocenters. The molecule has 1 aliphatic rings. The number of imidazole rings is 1. The molecule has 1 aromatic carbocycles. The van der Waals surface area contributed by atoms with Gasteiger partial charge in [-0.3, -0.25) is 4.57 Å². The molecule has 0 spiro atoms. The largest absolute Gasteiger partial charge is 0.387 e. The van der Waals surface area contributed by atoms with Crippen LogP contribution in [0.1, 0.15) is 11.8 Å². The molecule has 154 valence electrons. The van der Waals surface area contributed by atoms with E-state index >= 15 is 0 Å². The quantitative estimate of drug-likeness (QED) is 0.414. The Morgan fingerprint density at radius 3 is 2.52 bits per heavy atom. The molecule has 12 heteroatoms. The summed E-state index contributed by atoms with van der Waals surface area (Å²) in [6.07, 6.45) is -3.58. The fourth-order valence-electron chi connectivity index (χ4n) is 3.25. The van der Waals surface area contributed by atoms with Crippen LogP contribution in [0.25, 0.3) is 11.2 Å². The van der Waals surface area contributed by atoms with Crippen LogP contribution in [0.4, 0.5) is 5.82 Å². The van der Waals surface area contributed by atoms with E-state index in [2.05, 4.69) is 15.0 Å². The molecule has 1 fully saturated rings. The van der Waals surface area contributed by atoms with Crippen molar-refractivity contribution in [1.82, 2.24) is 19.5 Å². The van der Waals surface area contributed by atoms with Gasteiger partial charge in [0.2, 0.25) is 9.84 Å². The summed E-state index contributed by atoms with van der Waals surface area (Å²) in [6.45, 7) is 1.80. The van der Waals surface area contributed by atoms with Crippen molar-refractivity contribution in [1.29, 1.82) is 0 Å². The molecule has 0 amide bonds. The first-order valence-electron chi connectivity index (χ1n) is 8.65. The second-order valence-corrected chi connectivity index (χ2v) is 8.85. The van der Waals surface area contributed by atoms with Crippen molar-refractivity contribution in [2.24, 2.45) is 0 Å². The highest BCUT2D eigenvalue weighted by atomic mass is 32.2. The lowest BCUT2D eigenvalue weighted by Crippen LogP contribution is -2.42. The van der Waals surface area contributed by atoms with Crippen LogP contribution in [0.5, 0.6) is 0 Å². The van der Waals surface area contributed by atoms with E-state index in [1.54, 1.807) is 19.1 Å². The Morgan fingerprint density at radius 2 is 1.83 bits per heavy atom. The number of hydrogen-bond donors (Lipinski definition) is 4. The third-order valence-electron chi connectivity index (χ3n) is 4.88.